The number of hydrogen-bond acceptors (Lipinski definition) is 2. The van der Waals surface area contributed by atoms with Crippen molar-refractivity contribution in [3.8, 4) is 11.1 Å². The van der Waals surface area contributed by atoms with E-state index in [0.29, 0.717) is 17.7 Å². The number of anilines is 1. The van der Waals surface area contributed by atoms with Gasteiger partial charge in [0.1, 0.15) is 5.65 Å². The number of amides is 1. The highest BCUT2D eigenvalue weighted by Gasteiger charge is 2.37. The largest absolute Gasteiger partial charge is 0.416 e. The smallest absolute Gasteiger partial charge is 0.346 e. The van der Waals surface area contributed by atoms with E-state index < -0.39 is 35.1 Å². The number of carbonyl (C=O) groups excluding carboxylic acids is 1. The molecule has 2 aromatic carbocycles. The van der Waals surface area contributed by atoms with Crippen molar-refractivity contribution in [3.63, 3.8) is 0 Å². The summed E-state index contributed by atoms with van der Waals surface area (Å²) in [6.45, 7) is 0. The van der Waals surface area contributed by atoms with Crippen LogP contribution in [0.3, 0.4) is 0 Å². The fraction of sp³-hybridized carbons (Fsp3) is 0.0833. The molecule has 0 saturated heterocycles. The molecule has 10 heteroatoms. The summed E-state index contributed by atoms with van der Waals surface area (Å²) in [7, 11) is 0. The molecule has 0 aliphatic rings. The maximum atomic E-state index is 13.0. The molecule has 4 aromatic rings. The first-order valence-electron chi connectivity index (χ1n) is 9.81. The molecule has 0 bridgehead atoms. The Morgan fingerprint density at radius 2 is 1.59 bits per heavy atom. The summed E-state index contributed by atoms with van der Waals surface area (Å²) in [5.74, 6) is -0.881. The van der Waals surface area contributed by atoms with E-state index in [1.165, 1.54) is 6.08 Å². The Hall–Kier alpha value is -4.08. The van der Waals surface area contributed by atoms with Crippen molar-refractivity contribution in [2.24, 2.45) is 0 Å². The second-order valence-electron chi connectivity index (χ2n) is 7.38. The van der Waals surface area contributed by atoms with Crippen molar-refractivity contribution < 1.29 is 31.1 Å². The number of nitrogens with zero attached hydrogens (tertiary/aromatic N) is 1. The molecular weight excluding hydrogens is 460 g/mol. The van der Waals surface area contributed by atoms with Crippen LogP contribution in [-0.4, -0.2) is 15.9 Å². The number of nitrogens with one attached hydrogen (secondary N) is 2. The van der Waals surface area contributed by atoms with E-state index in [1.807, 2.05) is 18.2 Å². The number of rotatable bonds is 4. The van der Waals surface area contributed by atoms with E-state index in [4.69, 9.17) is 0 Å². The van der Waals surface area contributed by atoms with Crippen molar-refractivity contribution in [2.45, 2.75) is 12.4 Å². The lowest BCUT2D eigenvalue weighted by molar-refractivity contribution is -0.143. The SMILES string of the molecule is O=C(C=Cc1cccc(-c2cnc3[nH]ccc3c2)c1)Nc1cc(C(F)(F)F)cc(C(F)(F)F)c1. The summed E-state index contributed by atoms with van der Waals surface area (Å²) in [6, 6.07) is 11.8. The lowest BCUT2D eigenvalue weighted by Gasteiger charge is -2.14. The van der Waals surface area contributed by atoms with E-state index in [9.17, 15) is 31.1 Å². The lowest BCUT2D eigenvalue weighted by Crippen LogP contribution is -2.14. The minimum Gasteiger partial charge on any atom is -0.346 e. The zero-order chi connectivity index (χ0) is 24.5. The molecule has 0 spiro atoms. The molecule has 0 unspecified atom stereocenters. The number of alkyl halides is 6. The van der Waals surface area contributed by atoms with E-state index in [0.717, 1.165) is 28.2 Å². The molecule has 0 atom stereocenters. The zero-order valence-corrected chi connectivity index (χ0v) is 17.1. The molecule has 2 heterocycles. The number of hydrogen-bond donors (Lipinski definition) is 2. The first-order valence-corrected chi connectivity index (χ1v) is 9.81. The van der Waals surface area contributed by atoms with Gasteiger partial charge in [-0.05, 0) is 53.6 Å². The Labute approximate surface area is 188 Å². The standard InChI is InChI=1S/C24H15F6N3O/c25-23(26,27)18-10-19(24(28,29)30)12-20(11-18)33-21(34)5-4-14-2-1-3-15(8-14)17-9-16-6-7-31-22(16)32-13-17/h1-13H,(H,31,32)(H,33,34). The molecule has 0 radical (unpaired) electrons. The van der Waals surface area contributed by atoms with Crippen molar-refractivity contribution in [1.82, 2.24) is 9.97 Å². The van der Waals surface area contributed by atoms with E-state index in [1.54, 1.807) is 30.6 Å². The maximum absolute atomic E-state index is 13.0. The highest BCUT2D eigenvalue weighted by atomic mass is 19.4. The molecule has 34 heavy (non-hydrogen) atoms. The van der Waals surface area contributed by atoms with Gasteiger partial charge in [-0.2, -0.15) is 26.3 Å². The third kappa shape index (κ3) is 5.28. The van der Waals surface area contributed by atoms with Crippen LogP contribution in [0.1, 0.15) is 16.7 Å². The van der Waals surface area contributed by atoms with Gasteiger partial charge in [0.25, 0.3) is 0 Å². The van der Waals surface area contributed by atoms with Crippen LogP contribution in [0.5, 0.6) is 0 Å². The van der Waals surface area contributed by atoms with Crippen LogP contribution in [0.4, 0.5) is 32.0 Å². The van der Waals surface area contributed by atoms with E-state index in [2.05, 4.69) is 15.3 Å². The monoisotopic (exact) mass is 475 g/mol. The average Bonchev–Trinajstić information content (AvgIpc) is 3.24. The van der Waals surface area contributed by atoms with Gasteiger partial charge in [-0.25, -0.2) is 4.98 Å². The highest BCUT2D eigenvalue weighted by molar-refractivity contribution is 6.02. The van der Waals surface area contributed by atoms with Crippen LogP contribution >= 0.6 is 0 Å². The number of pyridine rings is 1. The number of aromatic nitrogens is 2. The summed E-state index contributed by atoms with van der Waals surface area (Å²) >= 11 is 0. The Morgan fingerprint density at radius 1 is 0.882 bits per heavy atom. The molecule has 2 aromatic heterocycles. The Bertz CT molecular complexity index is 1350. The van der Waals surface area contributed by atoms with Crippen molar-refractivity contribution in [3.05, 3.63) is 89.8 Å². The summed E-state index contributed by atoms with van der Waals surface area (Å²) in [4.78, 5) is 19.5. The maximum Gasteiger partial charge on any atom is 0.416 e. The first kappa shape index (κ1) is 23.1. The average molecular weight is 475 g/mol. The Morgan fingerprint density at radius 3 is 2.26 bits per heavy atom. The quantitative estimate of drug-likeness (QED) is 0.249. The fourth-order valence-electron chi connectivity index (χ4n) is 3.30. The Balaban J connectivity index is 1.54. The number of carbonyl (C=O) groups is 1. The van der Waals surface area contributed by atoms with Crippen molar-refractivity contribution in [1.29, 1.82) is 0 Å². The zero-order valence-electron chi connectivity index (χ0n) is 17.1. The third-order valence-corrected chi connectivity index (χ3v) is 4.90. The van der Waals surface area contributed by atoms with Crippen LogP contribution in [0.2, 0.25) is 0 Å². The minimum absolute atomic E-state index is 0.00330. The minimum atomic E-state index is -5.00. The van der Waals surface area contributed by atoms with Gasteiger partial charge in [0.2, 0.25) is 5.91 Å². The fourth-order valence-corrected chi connectivity index (χ4v) is 3.30. The van der Waals surface area contributed by atoms with Crippen molar-refractivity contribution >= 4 is 28.7 Å². The van der Waals surface area contributed by atoms with Gasteiger partial charge in [-0.3, -0.25) is 4.79 Å². The predicted molar refractivity (Wildman–Crippen MR) is 116 cm³/mol. The normalized spacial score (nSPS) is 12.4. The van der Waals surface area contributed by atoms with Gasteiger partial charge < -0.3 is 10.3 Å². The van der Waals surface area contributed by atoms with Crippen LogP contribution < -0.4 is 5.32 Å². The second kappa shape index (κ2) is 8.69. The number of aromatic amines is 1. The molecule has 1 amide bonds. The summed E-state index contributed by atoms with van der Waals surface area (Å²) in [5, 5.41) is 2.98. The van der Waals surface area contributed by atoms with Crippen LogP contribution in [0.15, 0.2) is 73.1 Å². The van der Waals surface area contributed by atoms with Crippen LogP contribution in [0, 0.1) is 0 Å². The molecule has 174 valence electrons. The molecule has 0 aliphatic heterocycles. The summed E-state index contributed by atoms with van der Waals surface area (Å²) in [5.41, 5.74) is -0.663. The number of benzene rings is 2. The van der Waals surface area contributed by atoms with E-state index in [-0.39, 0.29) is 6.07 Å². The molecular formula is C24H15F6N3O. The van der Waals surface area contributed by atoms with Gasteiger partial charge in [-0.15, -0.1) is 0 Å². The van der Waals surface area contributed by atoms with Gasteiger partial charge in [0, 0.05) is 35.1 Å². The number of fused-ring (bicyclic) bond motifs is 1. The Kier molecular flexibility index (Phi) is 5.90. The second-order valence-corrected chi connectivity index (χ2v) is 7.38. The van der Waals surface area contributed by atoms with Gasteiger partial charge >= 0.3 is 12.4 Å². The summed E-state index contributed by atoms with van der Waals surface area (Å²) in [6.07, 6.45) is -4.13. The predicted octanol–water partition coefficient (Wildman–Crippen LogP) is 6.92. The molecule has 2 N–H and O–H groups in total. The van der Waals surface area contributed by atoms with Crippen LogP contribution in [0.25, 0.3) is 28.2 Å². The van der Waals surface area contributed by atoms with Gasteiger partial charge in [-0.1, -0.05) is 18.2 Å². The first-order chi connectivity index (χ1) is 16.0. The lowest BCUT2D eigenvalue weighted by atomic mass is 10.0. The van der Waals surface area contributed by atoms with E-state index >= 15 is 0 Å². The van der Waals surface area contributed by atoms with Crippen molar-refractivity contribution in [2.75, 3.05) is 5.32 Å². The molecule has 0 fully saturated rings. The molecule has 0 saturated carbocycles. The molecule has 4 rings (SSSR count). The molecule has 4 nitrogen and oxygen atoms in total. The third-order valence-electron chi connectivity index (χ3n) is 4.90. The van der Waals surface area contributed by atoms with Gasteiger partial charge in [0.15, 0.2) is 0 Å². The molecule has 0 aliphatic carbocycles. The number of halogens is 6. The topological polar surface area (TPSA) is 57.8 Å². The van der Waals surface area contributed by atoms with Crippen LogP contribution in [-0.2, 0) is 17.1 Å². The number of H-pyrrole nitrogens is 1. The highest BCUT2D eigenvalue weighted by Crippen LogP contribution is 2.37. The summed E-state index contributed by atoms with van der Waals surface area (Å²) < 4.78 is 77.9. The van der Waals surface area contributed by atoms with Gasteiger partial charge in [0.05, 0.1) is 11.1 Å².